The molecule has 100 valence electrons. The van der Waals surface area contributed by atoms with Gasteiger partial charge in [0.2, 0.25) is 0 Å². The summed E-state index contributed by atoms with van der Waals surface area (Å²) in [4.78, 5) is 4.01. The van der Waals surface area contributed by atoms with E-state index in [1.54, 1.807) is 18.5 Å². The minimum absolute atomic E-state index is 0.126. The smallest absolute Gasteiger partial charge is 0.134 e. The molecule has 0 aliphatic carbocycles. The molecule has 5 heteroatoms. The highest BCUT2D eigenvalue weighted by Gasteiger charge is 2.07. The molecule has 1 aromatic heterocycles. The van der Waals surface area contributed by atoms with Crippen LogP contribution in [0.4, 0.5) is 8.78 Å². The first-order chi connectivity index (χ1) is 9.19. The Morgan fingerprint density at radius 3 is 2.63 bits per heavy atom. The molecule has 0 aliphatic heterocycles. The molecule has 3 nitrogen and oxygen atoms in total. The number of ether oxygens (including phenoxy) is 1. The summed E-state index contributed by atoms with van der Waals surface area (Å²) >= 11 is 0. The van der Waals surface area contributed by atoms with Gasteiger partial charge in [0.05, 0.1) is 0 Å². The van der Waals surface area contributed by atoms with Crippen LogP contribution in [-0.4, -0.2) is 11.5 Å². The van der Waals surface area contributed by atoms with Crippen LogP contribution in [0.3, 0.4) is 0 Å². The molecule has 1 aromatic carbocycles. The Morgan fingerprint density at radius 1 is 1.21 bits per heavy atom. The molecule has 0 saturated heterocycles. The van der Waals surface area contributed by atoms with Gasteiger partial charge in [-0.25, -0.2) is 8.78 Å². The second-order valence-electron chi connectivity index (χ2n) is 3.97. The molecule has 2 rings (SSSR count). The molecule has 0 unspecified atom stereocenters. The van der Waals surface area contributed by atoms with Crippen molar-refractivity contribution in [3.8, 4) is 11.5 Å². The summed E-state index contributed by atoms with van der Waals surface area (Å²) in [6.45, 7) is 3.37. The van der Waals surface area contributed by atoms with Crippen LogP contribution in [0.2, 0.25) is 0 Å². The number of hydrogen-bond donors (Lipinski definition) is 1. The van der Waals surface area contributed by atoms with Gasteiger partial charge in [-0.2, -0.15) is 0 Å². The van der Waals surface area contributed by atoms with Gasteiger partial charge >= 0.3 is 0 Å². The van der Waals surface area contributed by atoms with Crippen LogP contribution in [0.25, 0.3) is 0 Å². The molecular formula is C14H14F2N2O. The number of benzene rings is 1. The van der Waals surface area contributed by atoms with Crippen molar-refractivity contribution in [3.63, 3.8) is 0 Å². The van der Waals surface area contributed by atoms with Gasteiger partial charge in [0, 0.05) is 42.7 Å². The van der Waals surface area contributed by atoms with Gasteiger partial charge in [-0.3, -0.25) is 4.98 Å². The summed E-state index contributed by atoms with van der Waals surface area (Å²) in [5.74, 6) is -0.683. The number of nitrogens with one attached hydrogen (secondary N) is 1. The first-order valence-electron chi connectivity index (χ1n) is 5.96. The fraction of sp³-hybridized carbons (Fsp3) is 0.214. The lowest BCUT2D eigenvalue weighted by Gasteiger charge is -2.11. The molecule has 0 aliphatic rings. The third kappa shape index (κ3) is 3.72. The van der Waals surface area contributed by atoms with Crippen LogP contribution in [0.5, 0.6) is 11.5 Å². The van der Waals surface area contributed by atoms with Crippen molar-refractivity contribution in [3.05, 3.63) is 53.9 Å². The largest absolute Gasteiger partial charge is 0.457 e. The molecular weight excluding hydrogens is 250 g/mol. The number of rotatable bonds is 5. The van der Waals surface area contributed by atoms with Gasteiger partial charge in [0.1, 0.15) is 23.1 Å². The van der Waals surface area contributed by atoms with Crippen molar-refractivity contribution in [1.29, 1.82) is 0 Å². The Kier molecular flexibility index (Phi) is 4.41. The third-order valence-corrected chi connectivity index (χ3v) is 2.49. The van der Waals surface area contributed by atoms with E-state index in [4.69, 9.17) is 4.74 Å². The highest BCUT2D eigenvalue weighted by Crippen LogP contribution is 2.25. The summed E-state index contributed by atoms with van der Waals surface area (Å²) in [6, 6.07) is 4.75. The Balaban J connectivity index is 2.22. The monoisotopic (exact) mass is 264 g/mol. The van der Waals surface area contributed by atoms with Gasteiger partial charge in [-0.15, -0.1) is 0 Å². The van der Waals surface area contributed by atoms with Crippen LogP contribution >= 0.6 is 0 Å². The molecule has 0 bridgehead atoms. The van der Waals surface area contributed by atoms with Crippen LogP contribution in [-0.2, 0) is 6.54 Å². The zero-order valence-electron chi connectivity index (χ0n) is 10.5. The number of hydrogen-bond acceptors (Lipinski definition) is 3. The topological polar surface area (TPSA) is 34.2 Å². The standard InChI is InChI=1S/C14H14F2N2O/c1-2-17-8-10-9-18-4-3-14(10)19-13-6-11(15)5-12(16)7-13/h3-7,9,17H,2,8H2,1H3. The van der Waals surface area contributed by atoms with Crippen molar-refractivity contribution in [2.75, 3.05) is 6.54 Å². The molecule has 0 amide bonds. The number of aromatic nitrogens is 1. The van der Waals surface area contributed by atoms with Crippen LogP contribution < -0.4 is 10.1 Å². The second kappa shape index (κ2) is 6.24. The molecule has 0 saturated carbocycles. The maximum absolute atomic E-state index is 13.1. The average molecular weight is 264 g/mol. The lowest BCUT2D eigenvalue weighted by Crippen LogP contribution is -2.12. The number of halogens is 2. The predicted octanol–water partition coefficient (Wildman–Crippen LogP) is 3.26. The zero-order chi connectivity index (χ0) is 13.7. The molecule has 0 radical (unpaired) electrons. The SMILES string of the molecule is CCNCc1cnccc1Oc1cc(F)cc(F)c1. The fourth-order valence-corrected chi connectivity index (χ4v) is 1.62. The Morgan fingerprint density at radius 2 is 1.95 bits per heavy atom. The van der Waals surface area contributed by atoms with Gasteiger partial charge < -0.3 is 10.1 Å². The van der Waals surface area contributed by atoms with E-state index >= 15 is 0 Å². The maximum atomic E-state index is 13.1. The molecule has 1 N–H and O–H groups in total. The Labute approximate surface area is 110 Å². The van der Waals surface area contributed by atoms with Crippen LogP contribution in [0, 0.1) is 11.6 Å². The van der Waals surface area contributed by atoms with E-state index in [0.717, 1.165) is 30.3 Å². The second-order valence-corrected chi connectivity index (χ2v) is 3.97. The average Bonchev–Trinajstić information content (AvgIpc) is 2.36. The highest BCUT2D eigenvalue weighted by molar-refractivity contribution is 5.36. The summed E-state index contributed by atoms with van der Waals surface area (Å²) in [5, 5.41) is 3.15. The molecule has 2 aromatic rings. The molecule has 19 heavy (non-hydrogen) atoms. The van der Waals surface area contributed by atoms with E-state index in [1.165, 1.54) is 0 Å². The predicted molar refractivity (Wildman–Crippen MR) is 68.0 cm³/mol. The minimum atomic E-state index is -0.669. The van der Waals surface area contributed by atoms with Crippen LogP contribution in [0.1, 0.15) is 12.5 Å². The quantitative estimate of drug-likeness (QED) is 0.900. The summed E-state index contributed by atoms with van der Waals surface area (Å²) < 4.78 is 31.7. The van der Waals surface area contributed by atoms with E-state index in [1.807, 2.05) is 6.92 Å². The Bertz CT molecular complexity index is 541. The Hall–Kier alpha value is -2.01. The van der Waals surface area contributed by atoms with E-state index in [9.17, 15) is 8.78 Å². The third-order valence-electron chi connectivity index (χ3n) is 2.49. The van der Waals surface area contributed by atoms with Crippen molar-refractivity contribution >= 4 is 0 Å². The number of nitrogens with zero attached hydrogens (tertiary/aromatic N) is 1. The maximum Gasteiger partial charge on any atom is 0.134 e. The van der Waals surface area contributed by atoms with Gasteiger partial charge in [-0.05, 0) is 12.6 Å². The molecule has 0 spiro atoms. The molecule has 1 heterocycles. The summed E-state index contributed by atoms with van der Waals surface area (Å²) in [7, 11) is 0. The minimum Gasteiger partial charge on any atom is -0.457 e. The van der Waals surface area contributed by atoms with Crippen molar-refractivity contribution in [1.82, 2.24) is 10.3 Å². The number of pyridine rings is 1. The first-order valence-corrected chi connectivity index (χ1v) is 5.96. The molecule has 0 fully saturated rings. The first kappa shape index (κ1) is 13.4. The summed E-state index contributed by atoms with van der Waals surface area (Å²) in [6.07, 6.45) is 3.23. The van der Waals surface area contributed by atoms with E-state index < -0.39 is 11.6 Å². The van der Waals surface area contributed by atoms with E-state index in [0.29, 0.717) is 12.3 Å². The van der Waals surface area contributed by atoms with Crippen molar-refractivity contribution < 1.29 is 13.5 Å². The van der Waals surface area contributed by atoms with Crippen molar-refractivity contribution in [2.45, 2.75) is 13.5 Å². The van der Waals surface area contributed by atoms with E-state index in [2.05, 4.69) is 10.3 Å². The fourth-order valence-electron chi connectivity index (χ4n) is 1.62. The summed E-state index contributed by atoms with van der Waals surface area (Å²) in [5.41, 5.74) is 0.828. The van der Waals surface area contributed by atoms with Gasteiger partial charge in [0.15, 0.2) is 0 Å². The zero-order valence-corrected chi connectivity index (χ0v) is 10.5. The normalized spacial score (nSPS) is 10.5. The van der Waals surface area contributed by atoms with Gasteiger partial charge in [-0.1, -0.05) is 6.92 Å². The molecule has 0 atom stereocenters. The van der Waals surface area contributed by atoms with Crippen LogP contribution in [0.15, 0.2) is 36.7 Å². The van der Waals surface area contributed by atoms with E-state index in [-0.39, 0.29) is 5.75 Å². The lowest BCUT2D eigenvalue weighted by molar-refractivity contribution is 0.459. The lowest BCUT2D eigenvalue weighted by atomic mass is 10.2. The van der Waals surface area contributed by atoms with Gasteiger partial charge in [0.25, 0.3) is 0 Å². The highest BCUT2D eigenvalue weighted by atomic mass is 19.1. The van der Waals surface area contributed by atoms with Crippen molar-refractivity contribution in [2.24, 2.45) is 0 Å².